The van der Waals surface area contributed by atoms with E-state index >= 15 is 0 Å². The molecule has 0 unspecified atom stereocenters. The Morgan fingerprint density at radius 3 is 2.16 bits per heavy atom. The first-order valence-corrected chi connectivity index (χ1v) is 9.47. The van der Waals surface area contributed by atoms with Gasteiger partial charge in [-0.15, -0.1) is 0 Å². The predicted octanol–water partition coefficient (Wildman–Crippen LogP) is 4.09. The summed E-state index contributed by atoms with van der Waals surface area (Å²) in [4.78, 5) is 33.6. The van der Waals surface area contributed by atoms with Gasteiger partial charge in [0.25, 0.3) is 11.4 Å². The number of hydrogen-bond donors (Lipinski definition) is 1. The molecule has 3 aromatic rings. The average molecular weight is 424 g/mol. The molecule has 0 aliphatic rings. The summed E-state index contributed by atoms with van der Waals surface area (Å²) in [6, 6.07) is 14.6. The van der Waals surface area contributed by atoms with Crippen molar-refractivity contribution >= 4 is 23.0 Å². The Kier molecular flexibility index (Phi) is 6.94. The molecule has 160 valence electrons. The zero-order valence-corrected chi connectivity index (χ0v) is 16.4. The summed E-state index contributed by atoms with van der Waals surface area (Å²) >= 11 is 0. The highest BCUT2D eigenvalue weighted by atomic mass is 16.6. The number of aromatic nitrogens is 1. The second-order valence-corrected chi connectivity index (χ2v) is 6.68. The van der Waals surface area contributed by atoms with Gasteiger partial charge in [-0.1, -0.05) is 30.3 Å². The number of rotatable bonds is 10. The number of benzene rings is 2. The summed E-state index contributed by atoms with van der Waals surface area (Å²) in [7, 11) is 0. The lowest BCUT2D eigenvalue weighted by Gasteiger charge is -2.19. The summed E-state index contributed by atoms with van der Waals surface area (Å²) in [5.41, 5.74) is -0.279. The number of anilines is 1. The molecule has 0 amide bonds. The quantitative estimate of drug-likeness (QED) is 0.224. The number of nitro benzene ring substituents is 2. The van der Waals surface area contributed by atoms with Gasteiger partial charge in [-0.3, -0.25) is 20.2 Å². The highest BCUT2D eigenvalue weighted by Gasteiger charge is 2.24. The van der Waals surface area contributed by atoms with E-state index in [4.69, 9.17) is 4.74 Å². The van der Waals surface area contributed by atoms with Gasteiger partial charge in [0.05, 0.1) is 22.5 Å². The van der Waals surface area contributed by atoms with Gasteiger partial charge >= 0.3 is 5.97 Å². The largest absolute Gasteiger partial charge is 0.464 e. The van der Waals surface area contributed by atoms with Crippen molar-refractivity contribution in [1.29, 1.82) is 0 Å². The lowest BCUT2D eigenvalue weighted by molar-refractivity contribution is -0.394. The lowest BCUT2D eigenvalue weighted by Crippen LogP contribution is -2.24. The summed E-state index contributed by atoms with van der Waals surface area (Å²) in [5.74, 6) is -0.590. The second kappa shape index (κ2) is 10.0. The van der Waals surface area contributed by atoms with Gasteiger partial charge in [-0.05, 0) is 24.1 Å². The molecular formula is C21H20N4O6. The fourth-order valence-corrected chi connectivity index (χ4v) is 3.00. The molecule has 3 rings (SSSR count). The number of carbonyl (C=O) groups is 1. The number of nitrogens with zero attached hydrogens (tertiary/aromatic N) is 3. The molecule has 1 N–H and O–H groups in total. The predicted molar refractivity (Wildman–Crippen MR) is 113 cm³/mol. The van der Waals surface area contributed by atoms with Crippen LogP contribution >= 0.6 is 0 Å². The van der Waals surface area contributed by atoms with E-state index in [9.17, 15) is 25.0 Å². The molecule has 10 heteroatoms. The van der Waals surface area contributed by atoms with Crippen LogP contribution in [0.2, 0.25) is 0 Å². The lowest BCUT2D eigenvalue weighted by atomic mass is 10.1. The van der Waals surface area contributed by atoms with Gasteiger partial charge in [-0.25, -0.2) is 4.79 Å². The van der Waals surface area contributed by atoms with Gasteiger partial charge in [0.1, 0.15) is 0 Å². The van der Waals surface area contributed by atoms with E-state index in [0.29, 0.717) is 18.5 Å². The molecule has 1 heterocycles. The molecular weight excluding hydrogens is 404 g/mol. The molecule has 0 saturated carbocycles. The van der Waals surface area contributed by atoms with Crippen LogP contribution < -0.4 is 5.32 Å². The molecule has 0 spiro atoms. The molecule has 1 aromatic heterocycles. The van der Waals surface area contributed by atoms with E-state index in [1.807, 2.05) is 29.1 Å². The first-order chi connectivity index (χ1) is 14.9. The van der Waals surface area contributed by atoms with Crippen LogP contribution in [0.1, 0.15) is 18.0 Å². The maximum Gasteiger partial charge on any atom is 0.333 e. The van der Waals surface area contributed by atoms with Crippen LogP contribution in [0.5, 0.6) is 0 Å². The smallest absolute Gasteiger partial charge is 0.333 e. The first-order valence-electron chi connectivity index (χ1n) is 9.47. The van der Waals surface area contributed by atoms with Gasteiger partial charge in [0, 0.05) is 36.8 Å². The molecule has 0 bridgehead atoms. The Balaban J connectivity index is 1.77. The first kappa shape index (κ1) is 21.5. The third-order valence-corrected chi connectivity index (χ3v) is 4.47. The molecule has 0 aliphatic carbocycles. The number of esters is 1. The molecule has 2 aromatic carbocycles. The van der Waals surface area contributed by atoms with Crippen molar-refractivity contribution in [2.24, 2.45) is 0 Å². The van der Waals surface area contributed by atoms with Crippen LogP contribution in [0.3, 0.4) is 0 Å². The number of ether oxygens (including phenoxy) is 1. The van der Waals surface area contributed by atoms with Crippen LogP contribution in [-0.2, 0) is 16.1 Å². The summed E-state index contributed by atoms with van der Waals surface area (Å²) in [6.07, 6.45) is 4.42. The fourth-order valence-electron chi connectivity index (χ4n) is 3.00. The summed E-state index contributed by atoms with van der Waals surface area (Å²) in [6.45, 7) is 0.859. The molecule has 0 fully saturated rings. The third-order valence-electron chi connectivity index (χ3n) is 4.47. The van der Waals surface area contributed by atoms with Crippen LogP contribution in [0.25, 0.3) is 0 Å². The van der Waals surface area contributed by atoms with E-state index in [2.05, 4.69) is 5.32 Å². The van der Waals surface area contributed by atoms with E-state index < -0.39 is 33.2 Å². The average Bonchev–Trinajstić information content (AvgIpc) is 3.29. The minimum Gasteiger partial charge on any atom is -0.464 e. The summed E-state index contributed by atoms with van der Waals surface area (Å²) in [5, 5.41) is 25.2. The zero-order valence-electron chi connectivity index (χ0n) is 16.4. The van der Waals surface area contributed by atoms with E-state index in [1.165, 1.54) is 0 Å². The molecule has 0 radical (unpaired) electrons. The van der Waals surface area contributed by atoms with Gasteiger partial charge in [-0.2, -0.15) is 0 Å². The Labute approximate surface area is 177 Å². The van der Waals surface area contributed by atoms with Crippen LogP contribution in [-0.4, -0.2) is 27.0 Å². The van der Waals surface area contributed by atoms with Crippen molar-refractivity contribution < 1.29 is 19.4 Å². The van der Waals surface area contributed by atoms with Gasteiger partial charge in [0.15, 0.2) is 6.04 Å². The highest BCUT2D eigenvalue weighted by Crippen LogP contribution is 2.29. The topological polar surface area (TPSA) is 130 Å². The third kappa shape index (κ3) is 5.89. The van der Waals surface area contributed by atoms with Crippen molar-refractivity contribution in [2.45, 2.75) is 19.0 Å². The number of nitrogens with one attached hydrogen (secondary N) is 1. The van der Waals surface area contributed by atoms with Crippen molar-refractivity contribution in [1.82, 2.24) is 4.57 Å². The second-order valence-electron chi connectivity index (χ2n) is 6.68. The van der Waals surface area contributed by atoms with E-state index in [0.717, 1.165) is 18.2 Å². The number of nitro groups is 2. The van der Waals surface area contributed by atoms with Crippen LogP contribution in [0.4, 0.5) is 17.1 Å². The maximum absolute atomic E-state index is 12.8. The van der Waals surface area contributed by atoms with Gasteiger partial charge in [0.2, 0.25) is 0 Å². The minimum atomic E-state index is -0.991. The molecule has 31 heavy (non-hydrogen) atoms. The number of hydrogen-bond acceptors (Lipinski definition) is 7. The standard InChI is InChI=1S/C21H20N4O6/c26-21(31-12-6-11-23-9-4-5-10-23)20(16-7-2-1-3-8-16)22-17-13-18(24(27)28)15-19(14-17)25(29)30/h1-5,7-10,13-15,20,22H,6,11-12H2/t20-/m1/s1. The van der Waals surface area contributed by atoms with Crippen LogP contribution in [0, 0.1) is 20.2 Å². The van der Waals surface area contributed by atoms with Crippen molar-refractivity contribution in [3.8, 4) is 0 Å². The van der Waals surface area contributed by atoms with Crippen molar-refractivity contribution in [3.05, 3.63) is 98.8 Å². The Morgan fingerprint density at radius 2 is 1.58 bits per heavy atom. The Hall–Kier alpha value is -4.21. The molecule has 0 aliphatic heterocycles. The van der Waals surface area contributed by atoms with Gasteiger partial charge < -0.3 is 14.6 Å². The normalized spacial score (nSPS) is 11.5. The summed E-state index contributed by atoms with van der Waals surface area (Å²) < 4.78 is 7.36. The zero-order chi connectivity index (χ0) is 22.2. The highest BCUT2D eigenvalue weighted by molar-refractivity contribution is 5.81. The molecule has 10 nitrogen and oxygen atoms in total. The number of non-ortho nitro benzene ring substituents is 2. The number of carbonyl (C=O) groups excluding carboxylic acids is 1. The number of aryl methyl sites for hydroxylation is 1. The Morgan fingerprint density at radius 1 is 0.968 bits per heavy atom. The maximum atomic E-state index is 12.8. The van der Waals surface area contributed by atoms with Crippen molar-refractivity contribution in [3.63, 3.8) is 0 Å². The SMILES string of the molecule is O=C(OCCCn1cccc1)[C@H](Nc1cc([N+](=O)[O-])cc([N+](=O)[O-])c1)c1ccccc1. The fraction of sp³-hybridized carbons (Fsp3) is 0.190. The van der Waals surface area contributed by atoms with E-state index in [1.54, 1.807) is 30.3 Å². The van der Waals surface area contributed by atoms with Crippen molar-refractivity contribution in [2.75, 3.05) is 11.9 Å². The van der Waals surface area contributed by atoms with Crippen LogP contribution in [0.15, 0.2) is 73.1 Å². The molecule has 1 atom stereocenters. The van der Waals surface area contributed by atoms with E-state index in [-0.39, 0.29) is 12.3 Å². The Bertz CT molecular complexity index is 1020. The monoisotopic (exact) mass is 424 g/mol. The minimum absolute atomic E-state index is 0.0686. The molecule has 0 saturated heterocycles.